The number of thiophene rings is 1. The molecule has 4 aromatic rings. The summed E-state index contributed by atoms with van der Waals surface area (Å²) in [5.41, 5.74) is 11.5. The van der Waals surface area contributed by atoms with E-state index in [1.807, 2.05) is 30.3 Å². The fraction of sp³-hybridized carbons (Fsp3) is 0.320. The van der Waals surface area contributed by atoms with Crippen LogP contribution in [0.15, 0.2) is 42.6 Å². The predicted molar refractivity (Wildman–Crippen MR) is 137 cm³/mol. The van der Waals surface area contributed by atoms with Crippen molar-refractivity contribution in [2.75, 3.05) is 30.3 Å². The highest BCUT2D eigenvalue weighted by atomic mass is 32.1. The molecule has 194 valence electrons. The Morgan fingerprint density at radius 2 is 2.00 bits per heavy atom. The molecule has 8 nitrogen and oxygen atoms in total. The Morgan fingerprint density at radius 1 is 1.24 bits per heavy atom. The van der Waals surface area contributed by atoms with Crippen LogP contribution in [-0.2, 0) is 6.18 Å². The first-order valence-electron chi connectivity index (χ1n) is 11.7. The summed E-state index contributed by atoms with van der Waals surface area (Å²) < 4.78 is 41.6. The van der Waals surface area contributed by atoms with Crippen molar-refractivity contribution in [1.82, 2.24) is 15.3 Å². The maximum Gasteiger partial charge on any atom is 0.417 e. The molecule has 37 heavy (non-hydrogen) atoms. The van der Waals surface area contributed by atoms with Crippen LogP contribution in [0.25, 0.3) is 21.1 Å². The molecular formula is C25H25F3N6O2S. The van der Waals surface area contributed by atoms with E-state index in [1.54, 1.807) is 11.1 Å². The average molecular weight is 531 g/mol. The number of benzene rings is 1. The molecule has 5 rings (SSSR count). The van der Waals surface area contributed by atoms with Gasteiger partial charge in [0.05, 0.1) is 22.9 Å². The lowest BCUT2D eigenvalue weighted by molar-refractivity contribution is -0.136. The third kappa shape index (κ3) is 5.04. The molecule has 0 spiro atoms. The van der Waals surface area contributed by atoms with Gasteiger partial charge in [-0.3, -0.25) is 9.78 Å². The zero-order valence-corrected chi connectivity index (χ0v) is 20.4. The van der Waals surface area contributed by atoms with Crippen LogP contribution < -0.4 is 21.7 Å². The molecule has 1 amide bonds. The fourth-order valence-electron chi connectivity index (χ4n) is 4.69. The second kappa shape index (κ2) is 9.77. The van der Waals surface area contributed by atoms with Crippen molar-refractivity contribution < 1.29 is 23.1 Å². The number of halogens is 3. The molecule has 1 fully saturated rings. The van der Waals surface area contributed by atoms with Crippen LogP contribution in [0.2, 0.25) is 0 Å². The van der Waals surface area contributed by atoms with Gasteiger partial charge in [0.2, 0.25) is 0 Å². The molecule has 1 atom stereocenters. The molecule has 3 aromatic heterocycles. The van der Waals surface area contributed by atoms with Crippen LogP contribution in [0.1, 0.15) is 39.7 Å². The van der Waals surface area contributed by atoms with E-state index in [-0.39, 0.29) is 32.6 Å². The number of nitrogen functional groups attached to an aromatic ring is 1. The highest BCUT2D eigenvalue weighted by molar-refractivity contribution is 7.21. The normalized spacial score (nSPS) is 15.9. The lowest BCUT2D eigenvalue weighted by atomic mass is 10.0. The summed E-state index contributed by atoms with van der Waals surface area (Å²) in [5, 5.41) is 14.7. The standard InChI is InChI=1S/C25H25F3N6O2S/c26-25(27,28)16-11-19(33-24-20(16)21(29)22(37-24)23(30)36)34-8-5-15(6-9-34)32-12-18(35)14-3-4-17-13(10-14)2-1-7-31-17/h1-4,7,10-11,15,18,32,35H,5-6,8-9,12,29H2,(H2,30,36). The molecule has 0 aliphatic carbocycles. The number of aliphatic hydroxyl groups is 1. The van der Waals surface area contributed by atoms with Crippen LogP contribution in [0, 0.1) is 0 Å². The van der Waals surface area contributed by atoms with E-state index in [0.717, 1.165) is 33.9 Å². The molecule has 1 aliphatic heterocycles. The van der Waals surface area contributed by atoms with Gasteiger partial charge in [-0.1, -0.05) is 12.1 Å². The number of hydrogen-bond donors (Lipinski definition) is 4. The highest BCUT2D eigenvalue weighted by Gasteiger charge is 2.37. The molecule has 6 N–H and O–H groups in total. The average Bonchev–Trinajstić information content (AvgIpc) is 3.22. The van der Waals surface area contributed by atoms with Crippen LogP contribution in [0.4, 0.5) is 24.7 Å². The summed E-state index contributed by atoms with van der Waals surface area (Å²) in [5.74, 6) is -0.704. The number of alkyl halides is 3. The number of anilines is 2. The van der Waals surface area contributed by atoms with E-state index in [0.29, 0.717) is 32.5 Å². The minimum Gasteiger partial charge on any atom is -0.397 e. The van der Waals surface area contributed by atoms with Gasteiger partial charge in [-0.05, 0) is 42.7 Å². The number of carbonyl (C=O) groups excluding carboxylic acids is 1. The van der Waals surface area contributed by atoms with Crippen molar-refractivity contribution in [3.05, 3.63) is 58.6 Å². The van der Waals surface area contributed by atoms with Crippen molar-refractivity contribution >= 4 is 49.9 Å². The number of amides is 1. The smallest absolute Gasteiger partial charge is 0.397 e. The van der Waals surface area contributed by atoms with Gasteiger partial charge in [0.15, 0.2) is 0 Å². The Balaban J connectivity index is 1.26. The van der Waals surface area contributed by atoms with E-state index < -0.39 is 23.8 Å². The maximum atomic E-state index is 13.9. The molecule has 4 heterocycles. The second-order valence-electron chi connectivity index (χ2n) is 9.06. The molecule has 1 unspecified atom stereocenters. The van der Waals surface area contributed by atoms with E-state index in [1.165, 1.54) is 0 Å². The number of primary amides is 1. The number of pyridine rings is 2. The van der Waals surface area contributed by atoms with E-state index in [9.17, 15) is 23.1 Å². The number of hydrogen-bond acceptors (Lipinski definition) is 8. The first-order valence-corrected chi connectivity index (χ1v) is 12.5. The number of rotatable bonds is 6. The van der Waals surface area contributed by atoms with Crippen LogP contribution in [-0.4, -0.2) is 46.7 Å². The molecule has 1 saturated heterocycles. The molecule has 1 aliphatic rings. The van der Waals surface area contributed by atoms with Crippen LogP contribution >= 0.6 is 11.3 Å². The maximum absolute atomic E-state index is 13.9. The quantitative estimate of drug-likeness (QED) is 0.298. The Labute approximate surface area is 214 Å². The lowest BCUT2D eigenvalue weighted by Crippen LogP contribution is -2.44. The summed E-state index contributed by atoms with van der Waals surface area (Å²) in [4.78, 5) is 22.0. The van der Waals surface area contributed by atoms with Crippen molar-refractivity contribution in [3.63, 3.8) is 0 Å². The number of piperidine rings is 1. The molecule has 0 saturated carbocycles. The minimum atomic E-state index is -4.67. The summed E-state index contributed by atoms with van der Waals surface area (Å²) in [6.07, 6.45) is -2.33. The number of carbonyl (C=O) groups is 1. The number of aliphatic hydroxyl groups excluding tert-OH is 1. The molecule has 0 radical (unpaired) electrons. The van der Waals surface area contributed by atoms with Gasteiger partial charge < -0.3 is 26.8 Å². The first kappa shape index (κ1) is 25.2. The van der Waals surface area contributed by atoms with Gasteiger partial charge in [-0.2, -0.15) is 13.2 Å². The summed E-state index contributed by atoms with van der Waals surface area (Å²) >= 11 is 0.769. The SMILES string of the molecule is NC(=O)c1sc2nc(N3CCC(NCC(O)c4ccc5ncccc5c4)CC3)cc(C(F)(F)F)c2c1N. The summed E-state index contributed by atoms with van der Waals surface area (Å²) in [6.45, 7) is 1.31. The van der Waals surface area contributed by atoms with E-state index in [2.05, 4.69) is 15.3 Å². The summed E-state index contributed by atoms with van der Waals surface area (Å²) in [6, 6.07) is 10.5. The Bertz CT molecular complexity index is 1470. The molecular weight excluding hydrogens is 505 g/mol. The monoisotopic (exact) mass is 530 g/mol. The fourth-order valence-corrected chi connectivity index (χ4v) is 5.65. The predicted octanol–water partition coefficient (Wildman–Crippen LogP) is 3.84. The highest BCUT2D eigenvalue weighted by Crippen LogP contribution is 2.43. The lowest BCUT2D eigenvalue weighted by Gasteiger charge is -2.34. The Hall–Kier alpha value is -3.48. The number of nitrogens with two attached hydrogens (primary N) is 2. The van der Waals surface area contributed by atoms with Crippen LogP contribution in [0.3, 0.4) is 0 Å². The molecule has 12 heteroatoms. The molecule has 0 bridgehead atoms. The van der Waals surface area contributed by atoms with Gasteiger partial charge >= 0.3 is 6.18 Å². The Kier molecular flexibility index (Phi) is 6.65. The van der Waals surface area contributed by atoms with Gasteiger partial charge in [0, 0.05) is 42.6 Å². The van der Waals surface area contributed by atoms with Crippen molar-refractivity contribution in [2.24, 2.45) is 5.73 Å². The van der Waals surface area contributed by atoms with E-state index >= 15 is 0 Å². The zero-order chi connectivity index (χ0) is 26.3. The number of aromatic nitrogens is 2. The third-order valence-corrected chi connectivity index (χ3v) is 7.76. The largest absolute Gasteiger partial charge is 0.417 e. The number of fused-ring (bicyclic) bond motifs is 2. The topological polar surface area (TPSA) is 130 Å². The minimum absolute atomic E-state index is 0.0325. The number of nitrogens with one attached hydrogen (secondary N) is 1. The second-order valence-corrected chi connectivity index (χ2v) is 10.1. The zero-order valence-electron chi connectivity index (χ0n) is 19.6. The Morgan fingerprint density at radius 3 is 2.70 bits per heavy atom. The first-order chi connectivity index (χ1) is 17.6. The van der Waals surface area contributed by atoms with Crippen molar-refractivity contribution in [3.8, 4) is 0 Å². The van der Waals surface area contributed by atoms with Crippen molar-refractivity contribution in [2.45, 2.75) is 31.2 Å². The van der Waals surface area contributed by atoms with Crippen molar-refractivity contribution in [1.29, 1.82) is 0 Å². The molecule has 1 aromatic carbocycles. The number of nitrogens with zero attached hydrogens (tertiary/aromatic N) is 3. The summed E-state index contributed by atoms with van der Waals surface area (Å²) in [7, 11) is 0. The van der Waals surface area contributed by atoms with Gasteiger partial charge in [0.1, 0.15) is 15.5 Å². The van der Waals surface area contributed by atoms with Gasteiger partial charge in [-0.25, -0.2) is 4.98 Å². The van der Waals surface area contributed by atoms with Gasteiger partial charge in [0.25, 0.3) is 5.91 Å². The van der Waals surface area contributed by atoms with Crippen LogP contribution in [0.5, 0.6) is 0 Å². The van der Waals surface area contributed by atoms with Gasteiger partial charge in [-0.15, -0.1) is 11.3 Å². The van der Waals surface area contributed by atoms with E-state index in [4.69, 9.17) is 11.5 Å². The third-order valence-electron chi connectivity index (χ3n) is 6.65.